The number of aryl methyl sites for hydroxylation is 1. The number of hydrogen-bond acceptors (Lipinski definition) is 6. The van der Waals surface area contributed by atoms with Gasteiger partial charge in [0.1, 0.15) is 5.82 Å². The van der Waals surface area contributed by atoms with Crippen molar-refractivity contribution in [2.45, 2.75) is 26.2 Å². The number of hydrogen-bond donors (Lipinski definition) is 0. The van der Waals surface area contributed by atoms with Gasteiger partial charge in [0.25, 0.3) is 0 Å². The number of ketones is 1. The fraction of sp³-hybridized carbons (Fsp3) is 0.206. The number of carbonyl (C=O) groups excluding carboxylic acids is 4. The summed E-state index contributed by atoms with van der Waals surface area (Å²) >= 11 is 3.51. The Labute approximate surface area is 255 Å². The molecule has 216 valence electrons. The highest BCUT2D eigenvalue weighted by Gasteiger charge is 2.47. The molecule has 2 aliphatic rings. The fourth-order valence-corrected chi connectivity index (χ4v) is 6.22. The molecule has 2 amide bonds. The van der Waals surface area contributed by atoms with E-state index in [1.807, 2.05) is 25.1 Å². The van der Waals surface area contributed by atoms with Crippen LogP contribution in [0, 0.1) is 17.7 Å². The lowest BCUT2D eigenvalue weighted by molar-refractivity contribution is -0.122. The monoisotopic (exact) mass is 640 g/mol. The molecule has 3 aromatic carbocycles. The normalized spacial score (nSPS) is 17.8. The Kier molecular flexibility index (Phi) is 7.75. The largest absolute Gasteiger partial charge is 0.454 e. The Morgan fingerprint density at radius 3 is 2.23 bits per heavy atom. The van der Waals surface area contributed by atoms with Crippen LogP contribution >= 0.6 is 15.9 Å². The minimum Gasteiger partial charge on any atom is -0.454 e. The van der Waals surface area contributed by atoms with Gasteiger partial charge in [0.05, 0.1) is 34.3 Å². The van der Waals surface area contributed by atoms with Crippen LogP contribution in [0.2, 0.25) is 0 Å². The van der Waals surface area contributed by atoms with Gasteiger partial charge in [-0.05, 0) is 79.4 Å². The van der Waals surface area contributed by atoms with E-state index >= 15 is 0 Å². The zero-order chi connectivity index (χ0) is 30.2. The topological polar surface area (TPSA) is 93.6 Å². The molecule has 2 unspecified atom stereocenters. The van der Waals surface area contributed by atoms with Gasteiger partial charge < -0.3 is 4.74 Å². The first-order valence-corrected chi connectivity index (χ1v) is 14.8. The molecule has 6 rings (SSSR count). The van der Waals surface area contributed by atoms with Crippen LogP contribution in [0.5, 0.6) is 0 Å². The first-order valence-electron chi connectivity index (χ1n) is 14.0. The third kappa shape index (κ3) is 5.41. The average molecular weight is 641 g/mol. The second-order valence-electron chi connectivity index (χ2n) is 10.6. The maximum Gasteiger partial charge on any atom is 0.339 e. The number of Topliss-reactive ketones (excluding diaryl/α,β-unsaturated/α-hetero) is 1. The maximum atomic E-state index is 13.4. The van der Waals surface area contributed by atoms with Crippen molar-refractivity contribution in [1.29, 1.82) is 0 Å². The van der Waals surface area contributed by atoms with Crippen molar-refractivity contribution in [3.8, 4) is 11.3 Å². The number of allylic oxidation sites excluding steroid dienone is 2. The van der Waals surface area contributed by atoms with Crippen LogP contribution in [0.4, 0.5) is 10.1 Å². The molecule has 2 atom stereocenters. The summed E-state index contributed by atoms with van der Waals surface area (Å²) in [5.41, 5.74) is 3.64. The molecule has 0 N–H and O–H groups in total. The Morgan fingerprint density at radius 1 is 0.953 bits per heavy atom. The standard InChI is InChI=1S/C34H26BrFN2O5/c1-2-19-15-22(35)16-27-28(34(42)43-18-30(39)21-7-11-23(36)12-8-21)17-29(37-31(19)27)20-9-13-24(14-10-20)38-32(40)25-5-3-4-6-26(25)33(38)41/h3-4,7-17,25-26H,2,5-6,18H2,1H3. The molecule has 2 heterocycles. The van der Waals surface area contributed by atoms with Crippen LogP contribution in [0.25, 0.3) is 22.2 Å². The second-order valence-corrected chi connectivity index (χ2v) is 11.5. The first kappa shape index (κ1) is 28.6. The number of benzene rings is 3. The fourth-order valence-electron chi connectivity index (χ4n) is 5.71. The van der Waals surface area contributed by atoms with E-state index in [1.165, 1.54) is 29.2 Å². The van der Waals surface area contributed by atoms with Gasteiger partial charge in [-0.3, -0.25) is 19.3 Å². The van der Waals surface area contributed by atoms with Crippen molar-refractivity contribution in [2.75, 3.05) is 11.5 Å². The summed E-state index contributed by atoms with van der Waals surface area (Å²) in [5, 5.41) is 0.565. The molecule has 7 nitrogen and oxygen atoms in total. The second kappa shape index (κ2) is 11.6. The quantitative estimate of drug-likeness (QED) is 0.0948. The summed E-state index contributed by atoms with van der Waals surface area (Å²) in [4.78, 5) is 58.2. The molecule has 1 aromatic heterocycles. The molecule has 0 bridgehead atoms. The molecule has 9 heteroatoms. The molecule has 4 aromatic rings. The molecule has 0 radical (unpaired) electrons. The summed E-state index contributed by atoms with van der Waals surface area (Å²) in [6.45, 7) is 1.48. The van der Waals surface area contributed by atoms with Crippen molar-refractivity contribution in [1.82, 2.24) is 4.98 Å². The zero-order valence-electron chi connectivity index (χ0n) is 23.2. The van der Waals surface area contributed by atoms with Gasteiger partial charge in [0.15, 0.2) is 12.4 Å². The lowest BCUT2D eigenvalue weighted by Crippen LogP contribution is -2.30. The minimum absolute atomic E-state index is 0.186. The molecule has 1 fully saturated rings. The van der Waals surface area contributed by atoms with Crippen LogP contribution in [0.1, 0.15) is 46.0 Å². The van der Waals surface area contributed by atoms with Gasteiger partial charge in [-0.15, -0.1) is 0 Å². The maximum absolute atomic E-state index is 13.4. The van der Waals surface area contributed by atoms with Crippen molar-refractivity contribution in [2.24, 2.45) is 11.8 Å². The Balaban J connectivity index is 1.32. The SMILES string of the molecule is CCc1cc(Br)cc2c(C(=O)OCC(=O)c3ccc(F)cc3)cc(-c3ccc(N4C(=O)C5CC=CCC5C4=O)cc3)nc12. The van der Waals surface area contributed by atoms with Crippen LogP contribution in [-0.4, -0.2) is 35.2 Å². The van der Waals surface area contributed by atoms with E-state index in [-0.39, 0.29) is 34.8 Å². The third-order valence-electron chi connectivity index (χ3n) is 7.99. The van der Waals surface area contributed by atoms with Crippen molar-refractivity contribution in [3.63, 3.8) is 0 Å². The molecule has 0 saturated carbocycles. The number of nitrogens with zero attached hydrogens (tertiary/aromatic N) is 2. The summed E-state index contributed by atoms with van der Waals surface area (Å²) in [6, 6.07) is 17.3. The number of halogens is 2. The predicted octanol–water partition coefficient (Wildman–Crippen LogP) is 6.86. The molecule has 1 saturated heterocycles. The van der Waals surface area contributed by atoms with E-state index in [4.69, 9.17) is 9.72 Å². The number of imide groups is 1. The van der Waals surface area contributed by atoms with Gasteiger partial charge in [-0.2, -0.15) is 0 Å². The number of pyridine rings is 1. The lowest BCUT2D eigenvalue weighted by atomic mass is 9.85. The van der Waals surface area contributed by atoms with E-state index in [2.05, 4.69) is 15.9 Å². The van der Waals surface area contributed by atoms with Crippen molar-refractivity contribution < 1.29 is 28.3 Å². The molecular formula is C34H26BrFN2O5. The van der Waals surface area contributed by atoms with E-state index in [9.17, 15) is 23.6 Å². The number of carbonyl (C=O) groups is 4. The number of anilines is 1. The lowest BCUT2D eigenvalue weighted by Gasteiger charge is -2.16. The average Bonchev–Trinajstić information content (AvgIpc) is 3.28. The summed E-state index contributed by atoms with van der Waals surface area (Å²) in [7, 11) is 0. The third-order valence-corrected chi connectivity index (χ3v) is 8.45. The highest BCUT2D eigenvalue weighted by molar-refractivity contribution is 9.10. The molecule has 1 aliphatic heterocycles. The molecule has 1 aliphatic carbocycles. The minimum atomic E-state index is -0.703. The van der Waals surface area contributed by atoms with Gasteiger partial charge in [0.2, 0.25) is 11.8 Å². The van der Waals surface area contributed by atoms with Gasteiger partial charge in [0, 0.05) is 21.0 Å². The number of amides is 2. The van der Waals surface area contributed by atoms with E-state index < -0.39 is 24.2 Å². The van der Waals surface area contributed by atoms with Crippen LogP contribution in [0.15, 0.2) is 83.4 Å². The highest BCUT2D eigenvalue weighted by Crippen LogP contribution is 2.38. The Bertz CT molecular complexity index is 1790. The van der Waals surface area contributed by atoms with Gasteiger partial charge in [-0.25, -0.2) is 14.2 Å². The molecular weight excluding hydrogens is 615 g/mol. The Morgan fingerprint density at radius 2 is 1.60 bits per heavy atom. The first-order chi connectivity index (χ1) is 20.7. The highest BCUT2D eigenvalue weighted by atomic mass is 79.9. The van der Waals surface area contributed by atoms with Crippen LogP contribution < -0.4 is 4.90 Å². The van der Waals surface area contributed by atoms with Crippen LogP contribution in [0.3, 0.4) is 0 Å². The summed E-state index contributed by atoms with van der Waals surface area (Å²) in [5.74, 6) is -2.65. The Hall–Kier alpha value is -4.50. The van der Waals surface area contributed by atoms with Gasteiger partial charge >= 0.3 is 5.97 Å². The number of esters is 1. The number of rotatable bonds is 7. The zero-order valence-corrected chi connectivity index (χ0v) is 24.8. The summed E-state index contributed by atoms with van der Waals surface area (Å²) < 4.78 is 19.5. The van der Waals surface area contributed by atoms with E-state index in [0.717, 1.165) is 10.0 Å². The van der Waals surface area contributed by atoms with Crippen molar-refractivity contribution >= 4 is 56.1 Å². The van der Waals surface area contributed by atoms with Crippen LogP contribution in [-0.2, 0) is 20.7 Å². The predicted molar refractivity (Wildman–Crippen MR) is 163 cm³/mol. The van der Waals surface area contributed by atoms with E-state index in [0.29, 0.717) is 47.1 Å². The number of aromatic nitrogens is 1. The van der Waals surface area contributed by atoms with E-state index in [1.54, 1.807) is 36.4 Å². The van der Waals surface area contributed by atoms with Crippen molar-refractivity contribution in [3.05, 3.63) is 106 Å². The van der Waals surface area contributed by atoms with Gasteiger partial charge in [-0.1, -0.05) is 47.1 Å². The number of fused-ring (bicyclic) bond motifs is 2. The number of ether oxygens (including phenoxy) is 1. The molecule has 0 spiro atoms. The summed E-state index contributed by atoms with van der Waals surface area (Å²) in [6.07, 6.45) is 5.69. The molecule has 43 heavy (non-hydrogen) atoms. The smallest absolute Gasteiger partial charge is 0.339 e.